The maximum atomic E-state index is 14.6. The van der Waals surface area contributed by atoms with Crippen LogP contribution in [0, 0.1) is 5.82 Å². The molecule has 3 rings (SSSR count). The van der Waals surface area contributed by atoms with E-state index in [4.69, 9.17) is 17.3 Å². The SMILES string of the molecule is CC(C)(C)N1CC(=O)Nc2cc(F)c(-c3nc(N)ncc3Cl)cc21. The second-order valence-corrected chi connectivity index (χ2v) is 6.99. The summed E-state index contributed by atoms with van der Waals surface area (Å²) in [6.45, 7) is 6.12. The molecule has 2 aromatic rings. The normalized spacial score (nSPS) is 14.4. The lowest BCUT2D eigenvalue weighted by Gasteiger charge is -2.41. The summed E-state index contributed by atoms with van der Waals surface area (Å²) in [7, 11) is 0. The molecule has 2 heterocycles. The van der Waals surface area contributed by atoms with Gasteiger partial charge in [0.25, 0.3) is 0 Å². The maximum Gasteiger partial charge on any atom is 0.243 e. The predicted octanol–water partition coefficient (Wildman–Crippen LogP) is 3.08. The topological polar surface area (TPSA) is 84.1 Å². The highest BCUT2D eigenvalue weighted by molar-refractivity contribution is 6.33. The van der Waals surface area contributed by atoms with E-state index < -0.39 is 5.82 Å². The first-order chi connectivity index (χ1) is 11.2. The van der Waals surface area contributed by atoms with Gasteiger partial charge in [-0.15, -0.1) is 0 Å². The van der Waals surface area contributed by atoms with E-state index in [0.29, 0.717) is 11.4 Å². The first kappa shape index (κ1) is 16.4. The summed E-state index contributed by atoms with van der Waals surface area (Å²) >= 11 is 6.10. The number of fused-ring (bicyclic) bond motifs is 1. The van der Waals surface area contributed by atoms with Gasteiger partial charge in [-0.05, 0) is 26.8 Å². The van der Waals surface area contributed by atoms with Gasteiger partial charge in [0, 0.05) is 17.2 Å². The molecule has 0 saturated carbocycles. The Morgan fingerprint density at radius 3 is 2.75 bits per heavy atom. The molecule has 8 heteroatoms. The van der Waals surface area contributed by atoms with Crippen molar-refractivity contribution in [1.82, 2.24) is 9.97 Å². The molecule has 1 amide bonds. The fraction of sp³-hybridized carbons (Fsp3) is 0.312. The molecule has 0 unspecified atom stereocenters. The van der Waals surface area contributed by atoms with Gasteiger partial charge in [0.1, 0.15) is 5.82 Å². The molecule has 0 bridgehead atoms. The third-order valence-electron chi connectivity index (χ3n) is 3.78. The highest BCUT2D eigenvalue weighted by Crippen LogP contribution is 2.40. The molecule has 0 aliphatic carbocycles. The number of nitrogens with two attached hydrogens (primary N) is 1. The number of anilines is 3. The van der Waals surface area contributed by atoms with Crippen LogP contribution >= 0.6 is 11.6 Å². The smallest absolute Gasteiger partial charge is 0.243 e. The molecule has 0 radical (unpaired) electrons. The maximum absolute atomic E-state index is 14.6. The first-order valence-electron chi connectivity index (χ1n) is 7.36. The fourth-order valence-electron chi connectivity index (χ4n) is 2.65. The van der Waals surface area contributed by atoms with Gasteiger partial charge in [-0.3, -0.25) is 4.79 Å². The lowest BCUT2D eigenvalue weighted by atomic mass is 10.00. The fourth-order valence-corrected chi connectivity index (χ4v) is 2.85. The van der Waals surface area contributed by atoms with Crippen molar-refractivity contribution < 1.29 is 9.18 Å². The quantitative estimate of drug-likeness (QED) is 0.826. The van der Waals surface area contributed by atoms with Gasteiger partial charge in [0.05, 0.1) is 34.8 Å². The van der Waals surface area contributed by atoms with Gasteiger partial charge in [-0.25, -0.2) is 14.4 Å². The van der Waals surface area contributed by atoms with Crippen molar-refractivity contribution in [2.24, 2.45) is 0 Å². The van der Waals surface area contributed by atoms with Crippen LogP contribution in [0.2, 0.25) is 5.02 Å². The lowest BCUT2D eigenvalue weighted by molar-refractivity contribution is -0.115. The molecule has 0 spiro atoms. The minimum atomic E-state index is -0.551. The minimum Gasteiger partial charge on any atom is -0.368 e. The van der Waals surface area contributed by atoms with Crippen molar-refractivity contribution in [1.29, 1.82) is 0 Å². The average molecular weight is 350 g/mol. The Kier molecular flexibility index (Phi) is 3.83. The van der Waals surface area contributed by atoms with Gasteiger partial charge in [-0.1, -0.05) is 11.6 Å². The van der Waals surface area contributed by atoms with Crippen molar-refractivity contribution in [3.8, 4) is 11.3 Å². The van der Waals surface area contributed by atoms with Crippen LogP contribution in [-0.4, -0.2) is 28.0 Å². The summed E-state index contributed by atoms with van der Waals surface area (Å²) in [6.07, 6.45) is 1.33. The second-order valence-electron chi connectivity index (χ2n) is 6.58. The van der Waals surface area contributed by atoms with E-state index in [1.165, 1.54) is 12.3 Å². The van der Waals surface area contributed by atoms with Gasteiger partial charge in [0.15, 0.2) is 0 Å². The van der Waals surface area contributed by atoms with E-state index in [1.54, 1.807) is 6.07 Å². The largest absolute Gasteiger partial charge is 0.368 e. The third kappa shape index (κ3) is 2.87. The number of aromatic nitrogens is 2. The number of nitrogens with zero attached hydrogens (tertiary/aromatic N) is 3. The number of nitrogens with one attached hydrogen (secondary N) is 1. The summed E-state index contributed by atoms with van der Waals surface area (Å²) in [5.41, 5.74) is 6.82. The van der Waals surface area contributed by atoms with Crippen molar-refractivity contribution in [2.75, 3.05) is 22.5 Å². The second kappa shape index (κ2) is 5.59. The summed E-state index contributed by atoms with van der Waals surface area (Å²) in [5.74, 6) is -0.730. The van der Waals surface area contributed by atoms with Crippen LogP contribution in [0.3, 0.4) is 0 Å². The van der Waals surface area contributed by atoms with Gasteiger partial charge >= 0.3 is 0 Å². The number of hydrogen-bond donors (Lipinski definition) is 2. The molecule has 1 aromatic carbocycles. The van der Waals surface area contributed by atoms with Crippen LogP contribution in [0.4, 0.5) is 21.7 Å². The van der Waals surface area contributed by atoms with Crippen molar-refractivity contribution in [3.05, 3.63) is 29.2 Å². The van der Waals surface area contributed by atoms with Gasteiger partial charge in [-0.2, -0.15) is 0 Å². The standard InChI is InChI=1S/C16H17ClFN5O/c1-16(2,3)23-7-13(24)21-11-5-10(18)8(4-12(11)23)14-9(17)6-20-15(19)22-14/h4-6H,7H2,1-3H3,(H,21,24)(H2,19,20,22). The monoisotopic (exact) mass is 349 g/mol. The molecule has 1 aliphatic rings. The van der Waals surface area contributed by atoms with E-state index in [1.807, 2.05) is 25.7 Å². The first-order valence-corrected chi connectivity index (χ1v) is 7.74. The average Bonchev–Trinajstić information content (AvgIpc) is 2.47. The number of carbonyl (C=O) groups excluding carboxylic acids is 1. The number of hydrogen-bond acceptors (Lipinski definition) is 5. The molecule has 0 saturated heterocycles. The van der Waals surface area contributed by atoms with Crippen LogP contribution in [0.15, 0.2) is 18.3 Å². The number of benzene rings is 1. The Morgan fingerprint density at radius 2 is 2.08 bits per heavy atom. The Balaban J connectivity index is 2.21. The number of nitrogen functional groups attached to an aromatic ring is 1. The zero-order valence-corrected chi connectivity index (χ0v) is 14.3. The highest BCUT2D eigenvalue weighted by atomic mass is 35.5. The molecular weight excluding hydrogens is 333 g/mol. The Hall–Kier alpha value is -2.41. The third-order valence-corrected chi connectivity index (χ3v) is 4.06. The molecule has 1 aliphatic heterocycles. The van der Waals surface area contributed by atoms with Crippen LogP contribution < -0.4 is 16.0 Å². The zero-order valence-electron chi connectivity index (χ0n) is 13.5. The summed E-state index contributed by atoms with van der Waals surface area (Å²) in [6, 6.07) is 2.90. The zero-order chi connectivity index (χ0) is 17.6. The number of rotatable bonds is 1. The van der Waals surface area contributed by atoms with Gasteiger partial charge in [0.2, 0.25) is 11.9 Å². The van der Waals surface area contributed by atoms with Crippen LogP contribution in [0.5, 0.6) is 0 Å². The minimum absolute atomic E-state index is 0.00695. The van der Waals surface area contributed by atoms with Crippen LogP contribution in [0.1, 0.15) is 20.8 Å². The van der Waals surface area contributed by atoms with Gasteiger partial charge < -0.3 is 16.0 Å². The molecule has 6 nitrogen and oxygen atoms in total. The highest BCUT2D eigenvalue weighted by Gasteiger charge is 2.31. The Labute approximate surface area is 143 Å². The van der Waals surface area contributed by atoms with E-state index in [0.717, 1.165) is 0 Å². The van der Waals surface area contributed by atoms with E-state index in [-0.39, 0.29) is 40.2 Å². The van der Waals surface area contributed by atoms with E-state index >= 15 is 0 Å². The van der Waals surface area contributed by atoms with Crippen molar-refractivity contribution in [2.45, 2.75) is 26.3 Å². The van der Waals surface area contributed by atoms with Crippen molar-refractivity contribution >= 4 is 34.8 Å². The number of carbonyl (C=O) groups is 1. The summed E-state index contributed by atoms with van der Waals surface area (Å²) in [4.78, 5) is 21.7. The summed E-state index contributed by atoms with van der Waals surface area (Å²) < 4.78 is 14.6. The predicted molar refractivity (Wildman–Crippen MR) is 92.6 cm³/mol. The number of amides is 1. The summed E-state index contributed by atoms with van der Waals surface area (Å²) in [5, 5.41) is 2.90. The van der Waals surface area contributed by atoms with E-state index in [2.05, 4.69) is 15.3 Å². The lowest BCUT2D eigenvalue weighted by Crippen LogP contribution is -2.49. The molecule has 126 valence electrons. The Bertz CT molecular complexity index is 834. The molecule has 0 fully saturated rings. The molecule has 24 heavy (non-hydrogen) atoms. The molecule has 3 N–H and O–H groups in total. The van der Waals surface area contributed by atoms with E-state index in [9.17, 15) is 9.18 Å². The molecule has 1 aromatic heterocycles. The van der Waals surface area contributed by atoms with Crippen LogP contribution in [0.25, 0.3) is 11.3 Å². The number of halogens is 2. The van der Waals surface area contributed by atoms with Crippen LogP contribution in [-0.2, 0) is 4.79 Å². The molecular formula is C16H17ClFN5O. The van der Waals surface area contributed by atoms with Crippen molar-refractivity contribution in [3.63, 3.8) is 0 Å². The molecule has 0 atom stereocenters. The Morgan fingerprint density at radius 1 is 1.38 bits per heavy atom.